The lowest BCUT2D eigenvalue weighted by Gasteiger charge is -2.20. The first-order chi connectivity index (χ1) is 16.1. The molecule has 2 aromatic heterocycles. The van der Waals surface area contributed by atoms with Gasteiger partial charge in [-0.1, -0.05) is 29.8 Å². The number of ether oxygens (including phenoxy) is 2. The molecule has 1 aliphatic rings. The molecule has 0 saturated heterocycles. The van der Waals surface area contributed by atoms with E-state index in [0.29, 0.717) is 52.7 Å². The predicted molar refractivity (Wildman–Crippen MR) is 122 cm³/mol. The maximum absolute atomic E-state index is 12.9. The monoisotopic (exact) mass is 464 g/mol. The van der Waals surface area contributed by atoms with Gasteiger partial charge in [0.15, 0.2) is 6.61 Å². The van der Waals surface area contributed by atoms with E-state index in [1.807, 2.05) is 29.0 Å². The maximum Gasteiger partial charge on any atom is 0.258 e. The third-order valence-electron chi connectivity index (χ3n) is 5.46. The minimum Gasteiger partial charge on any atom is -0.505 e. The summed E-state index contributed by atoms with van der Waals surface area (Å²) in [6.07, 6.45) is 3.44. The van der Waals surface area contributed by atoms with Gasteiger partial charge in [-0.2, -0.15) is 0 Å². The summed E-state index contributed by atoms with van der Waals surface area (Å²) in [7, 11) is 0. The summed E-state index contributed by atoms with van der Waals surface area (Å²) in [5.74, 6) is 0.898. The first-order valence-corrected chi connectivity index (χ1v) is 10.8. The summed E-state index contributed by atoms with van der Waals surface area (Å²) in [5, 5.41) is 15.0. The Morgan fingerprint density at radius 1 is 1.27 bits per heavy atom. The van der Waals surface area contributed by atoms with Crippen LogP contribution in [0.3, 0.4) is 0 Å². The average Bonchev–Trinajstić information content (AvgIpc) is 3.28. The van der Waals surface area contributed by atoms with Gasteiger partial charge in [-0.3, -0.25) is 9.78 Å². The molecular formula is C24H21ClN4O4. The molecule has 1 aliphatic heterocycles. The van der Waals surface area contributed by atoms with Gasteiger partial charge >= 0.3 is 0 Å². The van der Waals surface area contributed by atoms with Gasteiger partial charge in [-0.05, 0) is 30.3 Å². The van der Waals surface area contributed by atoms with Crippen LogP contribution in [0, 0.1) is 0 Å². The molecule has 2 N–H and O–H groups in total. The van der Waals surface area contributed by atoms with E-state index in [9.17, 15) is 9.90 Å². The first kappa shape index (κ1) is 21.2. The number of nitrogens with one attached hydrogen (secondary N) is 1. The number of benzene rings is 2. The van der Waals surface area contributed by atoms with Crippen LogP contribution in [0.4, 0.5) is 0 Å². The number of phenols is 1. The van der Waals surface area contributed by atoms with Crippen molar-refractivity contribution in [3.63, 3.8) is 0 Å². The highest BCUT2D eigenvalue weighted by Crippen LogP contribution is 2.38. The molecule has 3 heterocycles. The van der Waals surface area contributed by atoms with Crippen LogP contribution in [0.15, 0.2) is 60.9 Å². The Morgan fingerprint density at radius 3 is 2.94 bits per heavy atom. The largest absolute Gasteiger partial charge is 0.505 e. The standard InChI is InChI=1S/C24H21ClN4O4/c25-18-11-17(24(31)23-16(18)7-4-8-26-23)22(19-12-29-9-10-32-13-20(29)27-19)28-21(30)14-33-15-5-2-1-3-6-15/h1-8,11-12,22,31H,9-10,13-14H2,(H,28,30). The van der Waals surface area contributed by atoms with E-state index in [-0.39, 0.29) is 18.3 Å². The van der Waals surface area contributed by atoms with Crippen LogP contribution in [0.5, 0.6) is 11.5 Å². The van der Waals surface area contributed by atoms with Crippen molar-refractivity contribution in [1.82, 2.24) is 19.9 Å². The number of hydrogen-bond donors (Lipinski definition) is 2. The SMILES string of the molecule is O=C(COc1ccccc1)NC(c1cn2c(n1)COCC2)c1cc(Cl)c2cccnc2c1O. The summed E-state index contributed by atoms with van der Waals surface area (Å²) >= 11 is 6.51. The normalized spacial score (nSPS) is 14.0. The molecule has 1 unspecified atom stereocenters. The number of phenolic OH excluding ortho intramolecular Hbond substituents is 1. The van der Waals surface area contributed by atoms with Crippen molar-refractivity contribution in [1.29, 1.82) is 0 Å². The number of fused-ring (bicyclic) bond motifs is 2. The van der Waals surface area contributed by atoms with Crippen molar-refractivity contribution in [3.8, 4) is 11.5 Å². The highest BCUT2D eigenvalue weighted by Gasteiger charge is 2.27. The third-order valence-corrected chi connectivity index (χ3v) is 5.77. The summed E-state index contributed by atoms with van der Waals surface area (Å²) in [4.78, 5) is 21.8. The van der Waals surface area contributed by atoms with Crippen LogP contribution >= 0.6 is 11.6 Å². The fourth-order valence-corrected chi connectivity index (χ4v) is 4.13. The van der Waals surface area contributed by atoms with Gasteiger partial charge in [0.1, 0.15) is 35.5 Å². The number of para-hydroxylation sites is 1. The zero-order valence-electron chi connectivity index (χ0n) is 17.6. The molecule has 33 heavy (non-hydrogen) atoms. The second-order valence-electron chi connectivity index (χ2n) is 7.63. The van der Waals surface area contributed by atoms with Crippen molar-refractivity contribution in [2.24, 2.45) is 0 Å². The molecule has 8 nitrogen and oxygen atoms in total. The van der Waals surface area contributed by atoms with E-state index >= 15 is 0 Å². The van der Waals surface area contributed by atoms with Crippen molar-refractivity contribution in [2.75, 3.05) is 13.2 Å². The zero-order chi connectivity index (χ0) is 22.8. The molecule has 0 spiro atoms. The second kappa shape index (κ2) is 9.09. The molecule has 5 rings (SSSR count). The Hall–Kier alpha value is -3.62. The summed E-state index contributed by atoms with van der Waals surface area (Å²) in [6, 6.07) is 13.5. The second-order valence-corrected chi connectivity index (χ2v) is 8.03. The molecule has 0 bridgehead atoms. The van der Waals surface area contributed by atoms with Crippen LogP contribution in [0.2, 0.25) is 5.02 Å². The molecular weight excluding hydrogens is 444 g/mol. The highest BCUT2D eigenvalue weighted by atomic mass is 35.5. The fraction of sp³-hybridized carbons (Fsp3) is 0.208. The molecule has 0 saturated carbocycles. The van der Waals surface area contributed by atoms with Crippen LogP contribution < -0.4 is 10.1 Å². The Balaban J connectivity index is 1.50. The van der Waals surface area contributed by atoms with Crippen molar-refractivity contribution in [2.45, 2.75) is 19.2 Å². The third kappa shape index (κ3) is 4.35. The Kier molecular flexibility index (Phi) is 5.85. The molecule has 1 amide bonds. The summed E-state index contributed by atoms with van der Waals surface area (Å²) < 4.78 is 13.1. The van der Waals surface area contributed by atoms with Gasteiger partial charge in [0, 0.05) is 29.9 Å². The maximum atomic E-state index is 12.9. The van der Waals surface area contributed by atoms with Crippen molar-refractivity contribution in [3.05, 3.63) is 83.0 Å². The van der Waals surface area contributed by atoms with E-state index in [4.69, 9.17) is 21.1 Å². The number of halogens is 1. The quantitative estimate of drug-likeness (QED) is 0.452. The molecule has 2 aromatic carbocycles. The van der Waals surface area contributed by atoms with Crippen molar-refractivity contribution >= 4 is 28.4 Å². The molecule has 168 valence electrons. The number of aromatic hydroxyl groups is 1. The fourth-order valence-electron chi connectivity index (χ4n) is 3.86. The number of amides is 1. The van der Waals surface area contributed by atoms with E-state index in [1.54, 1.807) is 36.5 Å². The van der Waals surface area contributed by atoms with Crippen LogP contribution in [0.25, 0.3) is 10.9 Å². The van der Waals surface area contributed by atoms with Gasteiger partial charge in [0.25, 0.3) is 5.91 Å². The predicted octanol–water partition coefficient (Wildman–Crippen LogP) is 3.61. The van der Waals surface area contributed by atoms with Gasteiger partial charge < -0.3 is 24.5 Å². The Bertz CT molecular complexity index is 1290. The minimum atomic E-state index is -0.765. The highest BCUT2D eigenvalue weighted by molar-refractivity contribution is 6.35. The van der Waals surface area contributed by atoms with Crippen molar-refractivity contribution < 1.29 is 19.4 Å². The molecule has 0 fully saturated rings. The van der Waals surface area contributed by atoms with Gasteiger partial charge in [-0.25, -0.2) is 4.98 Å². The molecule has 0 radical (unpaired) electrons. The molecule has 1 atom stereocenters. The Morgan fingerprint density at radius 2 is 2.12 bits per heavy atom. The lowest BCUT2D eigenvalue weighted by atomic mass is 10.0. The van der Waals surface area contributed by atoms with Gasteiger partial charge in [0.2, 0.25) is 0 Å². The number of imidazole rings is 1. The van der Waals surface area contributed by atoms with E-state index in [2.05, 4.69) is 15.3 Å². The number of carbonyl (C=O) groups excluding carboxylic acids is 1. The minimum absolute atomic E-state index is 0.0634. The van der Waals surface area contributed by atoms with E-state index < -0.39 is 6.04 Å². The summed E-state index contributed by atoms with van der Waals surface area (Å²) in [6.45, 7) is 1.43. The first-order valence-electron chi connectivity index (χ1n) is 10.5. The molecule has 4 aromatic rings. The van der Waals surface area contributed by atoms with E-state index in [0.717, 1.165) is 5.82 Å². The smallest absolute Gasteiger partial charge is 0.258 e. The lowest BCUT2D eigenvalue weighted by Crippen LogP contribution is -2.33. The number of nitrogens with zero attached hydrogens (tertiary/aromatic N) is 3. The molecule has 0 aliphatic carbocycles. The lowest BCUT2D eigenvalue weighted by molar-refractivity contribution is -0.123. The topological polar surface area (TPSA) is 98.5 Å². The van der Waals surface area contributed by atoms with E-state index in [1.165, 1.54) is 0 Å². The number of aromatic nitrogens is 3. The van der Waals surface area contributed by atoms with Gasteiger partial charge in [0.05, 0.1) is 17.3 Å². The molecule has 9 heteroatoms. The van der Waals surface area contributed by atoms with Crippen LogP contribution in [-0.2, 0) is 22.7 Å². The average molecular weight is 465 g/mol. The summed E-state index contributed by atoms with van der Waals surface area (Å²) in [5.41, 5.74) is 1.31. The number of hydrogen-bond acceptors (Lipinski definition) is 6. The zero-order valence-corrected chi connectivity index (χ0v) is 18.3. The number of pyridine rings is 1. The number of carbonyl (C=O) groups is 1. The Labute approximate surface area is 194 Å². The van der Waals surface area contributed by atoms with Crippen LogP contribution in [0.1, 0.15) is 23.1 Å². The van der Waals surface area contributed by atoms with Gasteiger partial charge in [-0.15, -0.1) is 0 Å². The number of rotatable bonds is 6. The van der Waals surface area contributed by atoms with Crippen LogP contribution in [-0.4, -0.2) is 38.8 Å².